The summed E-state index contributed by atoms with van der Waals surface area (Å²) in [5.41, 5.74) is 9.42. The van der Waals surface area contributed by atoms with E-state index < -0.39 is 0 Å². The van der Waals surface area contributed by atoms with E-state index in [-0.39, 0.29) is 6.04 Å². The lowest BCUT2D eigenvalue weighted by molar-refractivity contribution is 0.679. The highest BCUT2D eigenvalue weighted by molar-refractivity contribution is 5.29. The van der Waals surface area contributed by atoms with Gasteiger partial charge in [0.2, 0.25) is 0 Å². The normalized spacial score (nSPS) is 12.5. The maximum Gasteiger partial charge on any atom is 0.0995 e. The zero-order chi connectivity index (χ0) is 13.1. The average Bonchev–Trinajstić information content (AvgIpc) is 3.10. The Hall–Kier alpha value is -2.40. The molecule has 2 aromatic heterocycles. The van der Waals surface area contributed by atoms with Crippen molar-refractivity contribution in [3.05, 3.63) is 66.5 Å². The fourth-order valence-corrected chi connectivity index (χ4v) is 2.14. The van der Waals surface area contributed by atoms with Crippen LogP contribution in [-0.2, 0) is 6.42 Å². The van der Waals surface area contributed by atoms with Gasteiger partial charge in [0.15, 0.2) is 0 Å². The Bertz CT molecular complexity index is 627. The lowest BCUT2D eigenvalue weighted by Crippen LogP contribution is -2.16. The standard InChI is InChI=1S/C14H15N5/c15-13(6-11-4-2-1-3-5-11)14-9-16-10-19(14)12-7-17-18-8-12/h1-5,7-10,13H,6,15H2,(H,17,18)/t13-/m1/s1. The van der Waals surface area contributed by atoms with E-state index in [2.05, 4.69) is 27.3 Å². The number of benzene rings is 1. The molecule has 1 aromatic carbocycles. The highest BCUT2D eigenvalue weighted by Crippen LogP contribution is 2.18. The van der Waals surface area contributed by atoms with E-state index in [9.17, 15) is 0 Å². The van der Waals surface area contributed by atoms with E-state index in [1.54, 1.807) is 18.7 Å². The van der Waals surface area contributed by atoms with Crippen molar-refractivity contribution in [1.82, 2.24) is 19.7 Å². The van der Waals surface area contributed by atoms with E-state index >= 15 is 0 Å². The number of H-pyrrole nitrogens is 1. The predicted octanol–water partition coefficient (Wildman–Crippen LogP) is 1.84. The number of imidazole rings is 1. The number of rotatable bonds is 4. The SMILES string of the molecule is N[C@H](Cc1ccccc1)c1cncn1-c1cn[nH]c1. The van der Waals surface area contributed by atoms with Crippen LogP contribution in [-0.4, -0.2) is 19.7 Å². The van der Waals surface area contributed by atoms with Crippen LogP contribution in [0.3, 0.4) is 0 Å². The minimum Gasteiger partial charge on any atom is -0.322 e. The zero-order valence-corrected chi connectivity index (χ0v) is 10.4. The molecule has 0 radical (unpaired) electrons. The Balaban J connectivity index is 1.85. The molecule has 2 heterocycles. The quantitative estimate of drug-likeness (QED) is 0.745. The van der Waals surface area contributed by atoms with Crippen LogP contribution in [0.2, 0.25) is 0 Å². The van der Waals surface area contributed by atoms with Crippen molar-refractivity contribution in [2.45, 2.75) is 12.5 Å². The summed E-state index contributed by atoms with van der Waals surface area (Å²) in [4.78, 5) is 4.18. The molecule has 19 heavy (non-hydrogen) atoms. The number of aromatic nitrogens is 4. The molecular weight excluding hydrogens is 238 g/mol. The summed E-state index contributed by atoms with van der Waals surface area (Å²) in [5.74, 6) is 0. The third-order valence-electron chi connectivity index (χ3n) is 3.11. The first-order valence-corrected chi connectivity index (χ1v) is 6.15. The molecule has 0 saturated carbocycles. The van der Waals surface area contributed by atoms with E-state index in [1.165, 1.54) is 5.56 Å². The van der Waals surface area contributed by atoms with Crippen molar-refractivity contribution in [3.8, 4) is 5.69 Å². The second-order valence-corrected chi connectivity index (χ2v) is 4.44. The van der Waals surface area contributed by atoms with Crippen molar-refractivity contribution < 1.29 is 0 Å². The van der Waals surface area contributed by atoms with Crippen LogP contribution in [0.15, 0.2) is 55.2 Å². The van der Waals surface area contributed by atoms with Crippen molar-refractivity contribution in [1.29, 1.82) is 0 Å². The molecule has 0 fully saturated rings. The van der Waals surface area contributed by atoms with Gasteiger partial charge >= 0.3 is 0 Å². The number of nitrogens with zero attached hydrogens (tertiary/aromatic N) is 3. The summed E-state index contributed by atoms with van der Waals surface area (Å²) in [5, 5.41) is 6.74. The van der Waals surface area contributed by atoms with Gasteiger partial charge in [-0.25, -0.2) is 4.98 Å². The van der Waals surface area contributed by atoms with Gasteiger partial charge in [0.25, 0.3) is 0 Å². The summed E-state index contributed by atoms with van der Waals surface area (Å²) in [7, 11) is 0. The number of aromatic amines is 1. The Kier molecular flexibility index (Phi) is 3.12. The minimum absolute atomic E-state index is 0.0974. The molecule has 3 N–H and O–H groups in total. The molecule has 0 saturated heterocycles. The third-order valence-corrected chi connectivity index (χ3v) is 3.11. The summed E-state index contributed by atoms with van der Waals surface area (Å²) >= 11 is 0. The molecular formula is C14H15N5. The van der Waals surface area contributed by atoms with Gasteiger partial charge in [-0.05, 0) is 12.0 Å². The van der Waals surface area contributed by atoms with Gasteiger partial charge in [-0.15, -0.1) is 0 Å². The van der Waals surface area contributed by atoms with Crippen molar-refractivity contribution >= 4 is 0 Å². The maximum absolute atomic E-state index is 6.29. The monoisotopic (exact) mass is 253 g/mol. The molecule has 0 bridgehead atoms. The van der Waals surface area contributed by atoms with Gasteiger partial charge in [0, 0.05) is 6.20 Å². The Labute approximate surface area is 111 Å². The van der Waals surface area contributed by atoms with Crippen LogP contribution < -0.4 is 5.73 Å². The molecule has 5 heteroatoms. The van der Waals surface area contributed by atoms with E-state index in [0.717, 1.165) is 17.8 Å². The fraction of sp³-hybridized carbons (Fsp3) is 0.143. The number of nitrogens with one attached hydrogen (secondary N) is 1. The predicted molar refractivity (Wildman–Crippen MR) is 72.8 cm³/mol. The molecule has 0 aliphatic rings. The van der Waals surface area contributed by atoms with Crippen LogP contribution in [0.25, 0.3) is 5.69 Å². The van der Waals surface area contributed by atoms with E-state index in [1.807, 2.05) is 29.0 Å². The molecule has 96 valence electrons. The molecule has 3 aromatic rings. The van der Waals surface area contributed by atoms with Crippen LogP contribution in [0, 0.1) is 0 Å². The summed E-state index contributed by atoms with van der Waals surface area (Å²) in [6.07, 6.45) is 7.91. The highest BCUT2D eigenvalue weighted by Gasteiger charge is 2.13. The van der Waals surface area contributed by atoms with Crippen molar-refractivity contribution in [3.63, 3.8) is 0 Å². The second kappa shape index (κ2) is 5.07. The van der Waals surface area contributed by atoms with Crippen LogP contribution in [0.4, 0.5) is 0 Å². The largest absolute Gasteiger partial charge is 0.322 e. The first kappa shape index (κ1) is 11.7. The van der Waals surface area contributed by atoms with Gasteiger partial charge in [-0.1, -0.05) is 30.3 Å². The highest BCUT2D eigenvalue weighted by atomic mass is 15.2. The van der Waals surface area contributed by atoms with Crippen LogP contribution >= 0.6 is 0 Å². The molecule has 5 nitrogen and oxygen atoms in total. The molecule has 0 unspecified atom stereocenters. The van der Waals surface area contributed by atoms with Crippen molar-refractivity contribution in [2.75, 3.05) is 0 Å². The Morgan fingerprint density at radius 1 is 1.21 bits per heavy atom. The van der Waals surface area contributed by atoms with Gasteiger partial charge < -0.3 is 5.73 Å². The lowest BCUT2D eigenvalue weighted by atomic mass is 10.0. The smallest absolute Gasteiger partial charge is 0.0995 e. The Morgan fingerprint density at radius 2 is 2.05 bits per heavy atom. The fourth-order valence-electron chi connectivity index (χ4n) is 2.14. The summed E-state index contributed by atoms with van der Waals surface area (Å²) in [6.45, 7) is 0. The number of hydrogen-bond acceptors (Lipinski definition) is 3. The maximum atomic E-state index is 6.29. The van der Waals surface area contributed by atoms with Gasteiger partial charge in [0.05, 0.1) is 36.1 Å². The van der Waals surface area contributed by atoms with E-state index in [4.69, 9.17) is 5.73 Å². The molecule has 0 amide bonds. The topological polar surface area (TPSA) is 72.5 Å². The number of hydrogen-bond donors (Lipinski definition) is 2. The van der Waals surface area contributed by atoms with Gasteiger partial charge in [-0.2, -0.15) is 5.10 Å². The first-order valence-electron chi connectivity index (χ1n) is 6.15. The van der Waals surface area contributed by atoms with Gasteiger partial charge in [0.1, 0.15) is 0 Å². The summed E-state index contributed by atoms with van der Waals surface area (Å²) < 4.78 is 1.96. The van der Waals surface area contributed by atoms with Gasteiger partial charge in [-0.3, -0.25) is 9.67 Å². The van der Waals surface area contributed by atoms with E-state index in [0.29, 0.717) is 0 Å². The molecule has 1 atom stereocenters. The molecule has 0 aliphatic heterocycles. The molecule has 3 rings (SSSR count). The Morgan fingerprint density at radius 3 is 2.79 bits per heavy atom. The van der Waals surface area contributed by atoms with Crippen LogP contribution in [0.5, 0.6) is 0 Å². The third kappa shape index (κ3) is 2.41. The molecule has 0 aliphatic carbocycles. The number of nitrogens with two attached hydrogens (primary N) is 1. The minimum atomic E-state index is -0.0974. The first-order chi connectivity index (χ1) is 9.34. The molecule has 0 spiro atoms. The average molecular weight is 253 g/mol. The van der Waals surface area contributed by atoms with Crippen molar-refractivity contribution in [2.24, 2.45) is 5.73 Å². The lowest BCUT2D eigenvalue weighted by Gasteiger charge is -2.13. The zero-order valence-electron chi connectivity index (χ0n) is 10.4. The second-order valence-electron chi connectivity index (χ2n) is 4.44. The van der Waals surface area contributed by atoms with Crippen LogP contribution in [0.1, 0.15) is 17.3 Å². The summed E-state index contributed by atoms with van der Waals surface area (Å²) in [6, 6.07) is 10.1.